The normalized spacial score (nSPS) is 21.8. The molecular formula is C23H18ClFN4O4. The highest BCUT2D eigenvalue weighted by molar-refractivity contribution is 6.30. The molecular weight excluding hydrogens is 451 g/mol. The average molecular weight is 469 g/mol. The first-order chi connectivity index (χ1) is 15.9. The molecule has 8 nitrogen and oxygen atoms in total. The molecule has 1 aliphatic carbocycles. The summed E-state index contributed by atoms with van der Waals surface area (Å²) in [4.78, 5) is 36.2. The molecule has 0 radical (unpaired) electrons. The van der Waals surface area contributed by atoms with Gasteiger partial charge in [-0.2, -0.15) is 0 Å². The highest BCUT2D eigenvalue weighted by Gasteiger charge is 2.44. The van der Waals surface area contributed by atoms with Gasteiger partial charge in [-0.05, 0) is 36.6 Å². The van der Waals surface area contributed by atoms with Crippen molar-refractivity contribution < 1.29 is 19.1 Å². The van der Waals surface area contributed by atoms with Crippen molar-refractivity contribution in [1.29, 1.82) is 0 Å². The van der Waals surface area contributed by atoms with E-state index in [-0.39, 0.29) is 34.8 Å². The van der Waals surface area contributed by atoms with Crippen molar-refractivity contribution in [2.75, 3.05) is 18.0 Å². The van der Waals surface area contributed by atoms with E-state index in [0.717, 1.165) is 30.2 Å². The Morgan fingerprint density at radius 1 is 1.21 bits per heavy atom. The van der Waals surface area contributed by atoms with E-state index in [0.29, 0.717) is 23.8 Å². The second-order valence-corrected chi connectivity index (χ2v) is 9.06. The standard InChI is InChI=1S/C23H18ClFN4O4/c24-12-3-1-11(2-4-12)19-15-8-28(10-18(15)33-27-19)22-17(25)7-14-20(30)16(23(31)32)9-29(13-5-6-13)21(14)26-22/h1-4,7,9,13,15,18H,5-6,8,10H2,(H,31,32). The summed E-state index contributed by atoms with van der Waals surface area (Å²) in [6.45, 7) is 0.837. The van der Waals surface area contributed by atoms with Gasteiger partial charge < -0.3 is 19.4 Å². The maximum Gasteiger partial charge on any atom is 0.341 e. The molecule has 168 valence electrons. The largest absolute Gasteiger partial charge is 0.477 e. The maximum absolute atomic E-state index is 15.2. The first kappa shape index (κ1) is 20.2. The fourth-order valence-corrected chi connectivity index (χ4v) is 4.76. The van der Waals surface area contributed by atoms with Gasteiger partial charge in [0.25, 0.3) is 0 Å². The second kappa shape index (κ2) is 7.28. The zero-order chi connectivity index (χ0) is 22.9. The Hall–Kier alpha value is -3.46. The third-order valence-electron chi connectivity index (χ3n) is 6.45. The number of hydrogen-bond acceptors (Lipinski definition) is 6. The molecule has 0 amide bonds. The number of rotatable bonds is 4. The molecule has 2 fully saturated rings. The SMILES string of the molecule is O=C(O)c1cn(C2CC2)c2nc(N3CC4ON=C(c5ccc(Cl)cc5)C4C3)c(F)cc2c1=O. The Bertz CT molecular complexity index is 1400. The summed E-state index contributed by atoms with van der Waals surface area (Å²) in [6, 6.07) is 8.48. The number of pyridine rings is 2. The molecule has 1 N–H and O–H groups in total. The van der Waals surface area contributed by atoms with E-state index in [1.807, 2.05) is 12.1 Å². The predicted molar refractivity (Wildman–Crippen MR) is 120 cm³/mol. The first-order valence-corrected chi connectivity index (χ1v) is 11.0. The lowest BCUT2D eigenvalue weighted by Crippen LogP contribution is -2.26. The smallest absolute Gasteiger partial charge is 0.341 e. The van der Waals surface area contributed by atoms with Crippen molar-refractivity contribution in [2.24, 2.45) is 11.1 Å². The topological polar surface area (TPSA) is 97.0 Å². The van der Waals surface area contributed by atoms with Crippen molar-refractivity contribution in [1.82, 2.24) is 9.55 Å². The zero-order valence-corrected chi connectivity index (χ0v) is 18.0. The molecule has 4 heterocycles. The van der Waals surface area contributed by atoms with Crippen LogP contribution < -0.4 is 10.3 Å². The molecule has 1 aromatic carbocycles. The summed E-state index contributed by atoms with van der Waals surface area (Å²) >= 11 is 5.99. The number of nitrogens with zero attached hydrogens (tertiary/aromatic N) is 4. The summed E-state index contributed by atoms with van der Waals surface area (Å²) in [7, 11) is 0. The highest BCUT2D eigenvalue weighted by atomic mass is 35.5. The van der Waals surface area contributed by atoms with Crippen LogP contribution in [0.1, 0.15) is 34.8 Å². The van der Waals surface area contributed by atoms with Gasteiger partial charge in [-0.25, -0.2) is 14.2 Å². The minimum atomic E-state index is -1.33. The number of aromatic nitrogens is 2. The van der Waals surface area contributed by atoms with Crippen molar-refractivity contribution in [3.8, 4) is 0 Å². The summed E-state index contributed by atoms with van der Waals surface area (Å²) < 4.78 is 16.9. The molecule has 3 aliphatic rings. The summed E-state index contributed by atoms with van der Waals surface area (Å²) in [5.41, 5.74) is 0.863. The first-order valence-electron chi connectivity index (χ1n) is 10.6. The number of benzene rings is 1. The van der Waals surface area contributed by atoms with Crippen LogP contribution in [0.2, 0.25) is 5.02 Å². The highest BCUT2D eigenvalue weighted by Crippen LogP contribution is 2.38. The summed E-state index contributed by atoms with van der Waals surface area (Å²) in [6.07, 6.45) is 2.79. The van der Waals surface area contributed by atoms with Gasteiger partial charge in [-0.1, -0.05) is 28.9 Å². The Kier molecular flexibility index (Phi) is 4.45. The minimum absolute atomic E-state index is 0.0258. The molecule has 2 aromatic heterocycles. The van der Waals surface area contributed by atoms with Crippen molar-refractivity contribution in [3.05, 3.63) is 68.7 Å². The minimum Gasteiger partial charge on any atom is -0.477 e. The molecule has 33 heavy (non-hydrogen) atoms. The molecule has 1 saturated heterocycles. The van der Waals surface area contributed by atoms with Crippen molar-refractivity contribution >= 4 is 40.1 Å². The average Bonchev–Trinajstić information content (AvgIpc) is 3.43. The molecule has 0 bridgehead atoms. The Labute approximate surface area is 191 Å². The van der Waals surface area contributed by atoms with Gasteiger partial charge in [0, 0.05) is 23.8 Å². The van der Waals surface area contributed by atoms with Crippen LogP contribution in [-0.2, 0) is 4.84 Å². The molecule has 2 unspecified atom stereocenters. The molecule has 0 spiro atoms. The van der Waals surface area contributed by atoms with Crippen molar-refractivity contribution in [3.63, 3.8) is 0 Å². The Balaban J connectivity index is 1.38. The van der Waals surface area contributed by atoms with Gasteiger partial charge in [-0.15, -0.1) is 0 Å². The number of fused-ring (bicyclic) bond motifs is 2. The van der Waals surface area contributed by atoms with Crippen LogP contribution in [0.15, 0.2) is 46.5 Å². The fraction of sp³-hybridized carbons (Fsp3) is 0.304. The van der Waals surface area contributed by atoms with E-state index in [1.54, 1.807) is 21.6 Å². The monoisotopic (exact) mass is 468 g/mol. The van der Waals surface area contributed by atoms with E-state index < -0.39 is 17.2 Å². The second-order valence-electron chi connectivity index (χ2n) is 8.62. The predicted octanol–water partition coefficient (Wildman–Crippen LogP) is 3.46. The number of carbonyl (C=O) groups is 1. The van der Waals surface area contributed by atoms with Crippen LogP contribution in [0.4, 0.5) is 10.2 Å². The maximum atomic E-state index is 15.2. The van der Waals surface area contributed by atoms with Crippen LogP contribution in [0.25, 0.3) is 11.0 Å². The number of halogens is 2. The Morgan fingerprint density at radius 3 is 2.67 bits per heavy atom. The molecule has 6 rings (SSSR count). The van der Waals surface area contributed by atoms with Gasteiger partial charge >= 0.3 is 5.97 Å². The van der Waals surface area contributed by atoms with Crippen LogP contribution >= 0.6 is 11.6 Å². The van der Waals surface area contributed by atoms with Gasteiger partial charge in [-0.3, -0.25) is 4.79 Å². The number of carboxylic acids is 1. The lowest BCUT2D eigenvalue weighted by atomic mass is 9.95. The molecule has 10 heteroatoms. The summed E-state index contributed by atoms with van der Waals surface area (Å²) in [5, 5.41) is 14.2. The number of aromatic carboxylic acids is 1. The number of carboxylic acid groups (broad SMARTS) is 1. The van der Waals surface area contributed by atoms with Crippen LogP contribution in [0.5, 0.6) is 0 Å². The lowest BCUT2D eigenvalue weighted by molar-refractivity contribution is 0.0694. The van der Waals surface area contributed by atoms with Gasteiger partial charge in [0.1, 0.15) is 11.2 Å². The van der Waals surface area contributed by atoms with Gasteiger partial charge in [0.05, 0.1) is 23.6 Å². The Morgan fingerprint density at radius 2 is 1.97 bits per heavy atom. The van der Waals surface area contributed by atoms with Gasteiger partial charge in [0.15, 0.2) is 17.7 Å². The summed E-state index contributed by atoms with van der Waals surface area (Å²) in [5.74, 6) is -1.95. The molecule has 2 aliphatic heterocycles. The van der Waals surface area contributed by atoms with Crippen LogP contribution in [-0.4, -0.2) is 45.5 Å². The van der Waals surface area contributed by atoms with E-state index in [1.165, 1.54) is 6.20 Å². The quantitative estimate of drug-likeness (QED) is 0.630. The number of anilines is 1. The van der Waals surface area contributed by atoms with Gasteiger partial charge in [0.2, 0.25) is 5.43 Å². The van der Waals surface area contributed by atoms with Crippen molar-refractivity contribution in [2.45, 2.75) is 25.0 Å². The fourth-order valence-electron chi connectivity index (χ4n) is 4.64. The van der Waals surface area contributed by atoms with E-state index in [2.05, 4.69) is 10.1 Å². The number of hydrogen-bond donors (Lipinski definition) is 1. The molecule has 2 atom stereocenters. The van der Waals surface area contributed by atoms with Crippen LogP contribution in [0, 0.1) is 11.7 Å². The lowest BCUT2D eigenvalue weighted by Gasteiger charge is -2.20. The van der Waals surface area contributed by atoms with E-state index in [4.69, 9.17) is 16.4 Å². The van der Waals surface area contributed by atoms with E-state index >= 15 is 4.39 Å². The number of oxime groups is 1. The molecule has 3 aromatic rings. The van der Waals surface area contributed by atoms with E-state index in [9.17, 15) is 14.7 Å². The zero-order valence-electron chi connectivity index (χ0n) is 17.2. The van der Waals surface area contributed by atoms with Crippen LogP contribution in [0.3, 0.4) is 0 Å². The third kappa shape index (κ3) is 3.26. The third-order valence-corrected chi connectivity index (χ3v) is 6.71. The molecule has 1 saturated carbocycles.